The van der Waals surface area contributed by atoms with Crippen molar-refractivity contribution in [2.45, 2.75) is 26.2 Å². The maximum atomic E-state index is 11.2. The van der Waals surface area contributed by atoms with Gasteiger partial charge in [0.1, 0.15) is 6.29 Å². The monoisotopic (exact) mass is 186 g/mol. The summed E-state index contributed by atoms with van der Waals surface area (Å²) in [5, 5.41) is 0. The molecule has 1 aliphatic rings. The Bertz CT molecular complexity index is 429. The number of hydrogen-bond donors (Lipinski definition) is 0. The van der Waals surface area contributed by atoms with Gasteiger partial charge in [-0.1, -0.05) is 29.8 Å². The standard InChI is InChI=1S/C13H14O/c1-9-10(2)13(3,8-14)12-7-5-4-6-11(9)12/h4-8H,1-3H3. The molecule has 1 heteroatoms. The van der Waals surface area contributed by atoms with Crippen LogP contribution in [0.5, 0.6) is 0 Å². The molecule has 0 saturated carbocycles. The van der Waals surface area contributed by atoms with Crippen LogP contribution in [-0.2, 0) is 10.2 Å². The molecular weight excluding hydrogens is 172 g/mol. The van der Waals surface area contributed by atoms with E-state index < -0.39 is 5.41 Å². The molecule has 14 heavy (non-hydrogen) atoms. The van der Waals surface area contributed by atoms with Crippen LogP contribution in [0, 0.1) is 0 Å². The Labute approximate surface area is 84.5 Å². The molecule has 0 radical (unpaired) electrons. The van der Waals surface area contributed by atoms with E-state index in [0.717, 1.165) is 11.8 Å². The van der Waals surface area contributed by atoms with Crippen molar-refractivity contribution in [2.75, 3.05) is 0 Å². The minimum Gasteiger partial charge on any atom is -0.302 e. The number of allylic oxidation sites excluding steroid dienone is 2. The first kappa shape index (κ1) is 9.20. The Balaban J connectivity index is 2.76. The van der Waals surface area contributed by atoms with Gasteiger partial charge >= 0.3 is 0 Å². The molecule has 1 aromatic carbocycles. The van der Waals surface area contributed by atoms with E-state index in [9.17, 15) is 4.79 Å². The SMILES string of the molecule is CC1=C(C)C(C)(C=O)c2ccccc21. The Morgan fingerprint density at radius 3 is 2.50 bits per heavy atom. The number of rotatable bonds is 1. The second-order valence-corrected chi connectivity index (χ2v) is 4.12. The molecule has 1 atom stereocenters. The molecule has 1 unspecified atom stereocenters. The van der Waals surface area contributed by atoms with Crippen LogP contribution in [0.3, 0.4) is 0 Å². The molecule has 1 aliphatic carbocycles. The normalized spacial score (nSPS) is 25.1. The number of carbonyl (C=O) groups excluding carboxylic acids is 1. The van der Waals surface area contributed by atoms with E-state index >= 15 is 0 Å². The fourth-order valence-electron chi connectivity index (χ4n) is 2.21. The van der Waals surface area contributed by atoms with Crippen LogP contribution in [0.4, 0.5) is 0 Å². The van der Waals surface area contributed by atoms with Gasteiger partial charge in [-0.3, -0.25) is 0 Å². The molecule has 0 heterocycles. The van der Waals surface area contributed by atoms with E-state index in [1.54, 1.807) is 0 Å². The number of hydrogen-bond acceptors (Lipinski definition) is 1. The van der Waals surface area contributed by atoms with Gasteiger partial charge in [-0.25, -0.2) is 0 Å². The van der Waals surface area contributed by atoms with Gasteiger partial charge in [0.15, 0.2) is 0 Å². The maximum Gasteiger partial charge on any atom is 0.134 e. The fourth-order valence-corrected chi connectivity index (χ4v) is 2.21. The van der Waals surface area contributed by atoms with Crippen LogP contribution in [0.15, 0.2) is 29.8 Å². The summed E-state index contributed by atoms with van der Waals surface area (Å²) in [5.74, 6) is 0. The van der Waals surface area contributed by atoms with Gasteiger partial charge in [0.25, 0.3) is 0 Å². The maximum absolute atomic E-state index is 11.2. The number of aldehydes is 1. The van der Waals surface area contributed by atoms with Gasteiger partial charge in [0.2, 0.25) is 0 Å². The van der Waals surface area contributed by atoms with Crippen LogP contribution in [0.2, 0.25) is 0 Å². The zero-order valence-corrected chi connectivity index (χ0v) is 8.79. The number of benzene rings is 1. The average Bonchev–Trinajstić information content (AvgIpc) is 2.43. The summed E-state index contributed by atoms with van der Waals surface area (Å²) >= 11 is 0. The van der Waals surface area contributed by atoms with Gasteiger partial charge in [-0.05, 0) is 37.5 Å². The highest BCUT2D eigenvalue weighted by atomic mass is 16.1. The Kier molecular flexibility index (Phi) is 1.84. The molecule has 0 aromatic heterocycles. The Morgan fingerprint density at radius 2 is 1.86 bits per heavy atom. The zero-order chi connectivity index (χ0) is 10.3. The third-order valence-electron chi connectivity index (χ3n) is 3.47. The van der Waals surface area contributed by atoms with Crippen molar-refractivity contribution in [3.63, 3.8) is 0 Å². The summed E-state index contributed by atoms with van der Waals surface area (Å²) in [5.41, 5.74) is 4.38. The first-order chi connectivity index (χ1) is 6.61. The Hall–Kier alpha value is -1.37. The third-order valence-corrected chi connectivity index (χ3v) is 3.47. The van der Waals surface area contributed by atoms with E-state index in [1.165, 1.54) is 16.7 Å². The Morgan fingerprint density at radius 1 is 1.21 bits per heavy atom. The van der Waals surface area contributed by atoms with E-state index in [1.807, 2.05) is 32.0 Å². The lowest BCUT2D eigenvalue weighted by Gasteiger charge is -2.20. The van der Waals surface area contributed by atoms with Crippen molar-refractivity contribution < 1.29 is 4.79 Å². The predicted octanol–water partition coefficient (Wildman–Crippen LogP) is 2.95. The molecule has 72 valence electrons. The first-order valence-corrected chi connectivity index (χ1v) is 4.85. The third kappa shape index (κ3) is 0.926. The highest BCUT2D eigenvalue weighted by Gasteiger charge is 2.36. The minimum atomic E-state index is -0.402. The van der Waals surface area contributed by atoms with Crippen molar-refractivity contribution in [2.24, 2.45) is 0 Å². The average molecular weight is 186 g/mol. The zero-order valence-electron chi connectivity index (χ0n) is 8.79. The molecule has 0 bridgehead atoms. The van der Waals surface area contributed by atoms with E-state index in [2.05, 4.69) is 13.0 Å². The molecule has 2 rings (SSSR count). The van der Waals surface area contributed by atoms with E-state index in [0.29, 0.717) is 0 Å². The lowest BCUT2D eigenvalue weighted by atomic mass is 9.81. The lowest BCUT2D eigenvalue weighted by Crippen LogP contribution is -2.22. The molecule has 0 amide bonds. The van der Waals surface area contributed by atoms with Crippen LogP contribution in [-0.4, -0.2) is 6.29 Å². The molecule has 0 N–H and O–H groups in total. The molecule has 0 saturated heterocycles. The van der Waals surface area contributed by atoms with Gasteiger partial charge < -0.3 is 4.79 Å². The quantitative estimate of drug-likeness (QED) is 0.616. The van der Waals surface area contributed by atoms with Crippen LogP contribution in [0.25, 0.3) is 5.57 Å². The van der Waals surface area contributed by atoms with Crippen LogP contribution >= 0.6 is 0 Å². The molecule has 0 fully saturated rings. The topological polar surface area (TPSA) is 17.1 Å². The smallest absolute Gasteiger partial charge is 0.134 e. The van der Waals surface area contributed by atoms with Gasteiger partial charge in [-0.2, -0.15) is 0 Å². The van der Waals surface area contributed by atoms with E-state index in [4.69, 9.17) is 0 Å². The minimum absolute atomic E-state index is 0.402. The lowest BCUT2D eigenvalue weighted by molar-refractivity contribution is -0.111. The van der Waals surface area contributed by atoms with Crippen molar-refractivity contribution >= 4 is 11.9 Å². The van der Waals surface area contributed by atoms with Gasteiger partial charge in [-0.15, -0.1) is 0 Å². The number of fused-ring (bicyclic) bond motifs is 1. The fraction of sp³-hybridized carbons (Fsp3) is 0.308. The highest BCUT2D eigenvalue weighted by molar-refractivity contribution is 5.89. The summed E-state index contributed by atoms with van der Waals surface area (Å²) in [6.45, 7) is 6.12. The molecular formula is C13H14O. The summed E-state index contributed by atoms with van der Waals surface area (Å²) in [4.78, 5) is 11.2. The van der Waals surface area contributed by atoms with Crippen molar-refractivity contribution in [3.05, 3.63) is 41.0 Å². The molecule has 1 nitrogen and oxygen atoms in total. The van der Waals surface area contributed by atoms with E-state index in [-0.39, 0.29) is 0 Å². The van der Waals surface area contributed by atoms with Crippen molar-refractivity contribution in [1.82, 2.24) is 0 Å². The van der Waals surface area contributed by atoms with Gasteiger partial charge in [0.05, 0.1) is 5.41 Å². The van der Waals surface area contributed by atoms with Crippen LogP contribution < -0.4 is 0 Å². The summed E-state index contributed by atoms with van der Waals surface area (Å²) in [6.07, 6.45) is 1.05. The second kappa shape index (κ2) is 2.81. The predicted molar refractivity (Wildman–Crippen MR) is 58.1 cm³/mol. The van der Waals surface area contributed by atoms with Crippen molar-refractivity contribution in [1.29, 1.82) is 0 Å². The first-order valence-electron chi connectivity index (χ1n) is 4.85. The van der Waals surface area contributed by atoms with Gasteiger partial charge in [0, 0.05) is 0 Å². The largest absolute Gasteiger partial charge is 0.302 e. The molecule has 1 aromatic rings. The highest BCUT2D eigenvalue weighted by Crippen LogP contribution is 2.44. The van der Waals surface area contributed by atoms with Crippen LogP contribution in [0.1, 0.15) is 31.9 Å². The van der Waals surface area contributed by atoms with Crippen molar-refractivity contribution in [3.8, 4) is 0 Å². The summed E-state index contributed by atoms with van der Waals surface area (Å²) < 4.78 is 0. The summed E-state index contributed by atoms with van der Waals surface area (Å²) in [7, 11) is 0. The second-order valence-electron chi connectivity index (χ2n) is 4.12. The number of carbonyl (C=O) groups is 1. The molecule has 0 spiro atoms. The molecule has 0 aliphatic heterocycles. The summed E-state index contributed by atoms with van der Waals surface area (Å²) in [6, 6.07) is 8.14.